The van der Waals surface area contributed by atoms with Crippen molar-refractivity contribution in [3.05, 3.63) is 34.9 Å². The number of nitrogens with one attached hydrogen (secondary N) is 5. The lowest BCUT2D eigenvalue weighted by Gasteiger charge is -2.41. The van der Waals surface area contributed by atoms with E-state index in [1.54, 1.807) is 4.90 Å². The lowest BCUT2D eigenvalue weighted by atomic mass is 9.74. The molecule has 12 nitrogen and oxygen atoms in total. The van der Waals surface area contributed by atoms with E-state index in [-0.39, 0.29) is 73.9 Å². The maximum absolute atomic E-state index is 13.7. The van der Waals surface area contributed by atoms with Crippen LogP contribution in [0.4, 0.5) is 18.4 Å². The molecule has 1 aromatic carbocycles. The molecule has 5 N–H and O–H groups in total. The molecule has 4 bridgehead atoms. The number of nitrogens with zero attached hydrogens (tertiary/aromatic N) is 1. The van der Waals surface area contributed by atoms with Gasteiger partial charge >= 0.3 is 12.1 Å². The topological polar surface area (TPSA) is 150 Å². The Kier molecular flexibility index (Phi) is 9.95. The molecule has 7 aliphatic rings. The van der Waals surface area contributed by atoms with Crippen LogP contribution < -0.4 is 26.6 Å². The molecular formula is C34H46F2N6O6S. The van der Waals surface area contributed by atoms with Gasteiger partial charge in [-0.1, -0.05) is 6.42 Å². The number of urea groups is 1. The van der Waals surface area contributed by atoms with Gasteiger partial charge in [-0.3, -0.25) is 9.59 Å². The van der Waals surface area contributed by atoms with Crippen LogP contribution >= 0.6 is 11.8 Å². The lowest BCUT2D eigenvalue weighted by molar-refractivity contribution is -0.131. The number of carbonyl (C=O) groups excluding carboxylic acids is 4. The zero-order valence-corrected chi connectivity index (χ0v) is 28.4. The van der Waals surface area contributed by atoms with E-state index < -0.39 is 17.7 Å². The van der Waals surface area contributed by atoms with Gasteiger partial charge in [0.2, 0.25) is 11.8 Å². The highest BCUT2D eigenvalue weighted by Gasteiger charge is 2.64. The Bertz CT molecular complexity index is 1440. The summed E-state index contributed by atoms with van der Waals surface area (Å²) in [6, 6.07) is 2.68. The van der Waals surface area contributed by atoms with Crippen LogP contribution in [-0.4, -0.2) is 95.9 Å². The number of thioether (sulfide) groups is 1. The summed E-state index contributed by atoms with van der Waals surface area (Å²) in [5.41, 5.74) is 0.680. The Labute approximate surface area is 288 Å². The van der Waals surface area contributed by atoms with Gasteiger partial charge in [-0.2, -0.15) is 11.8 Å². The molecule has 1 aromatic rings. The molecule has 49 heavy (non-hydrogen) atoms. The van der Waals surface area contributed by atoms with Crippen LogP contribution in [0.15, 0.2) is 12.1 Å². The fourth-order valence-corrected chi connectivity index (χ4v) is 10.9. The second kappa shape index (κ2) is 14.2. The summed E-state index contributed by atoms with van der Waals surface area (Å²) in [4.78, 5) is 51.2. The number of benzene rings is 1. The molecule has 0 spiro atoms. The number of ether oxygens (including phenoxy) is 2. The summed E-state index contributed by atoms with van der Waals surface area (Å²) in [6.07, 6.45) is 7.19. The molecule has 5 amide bonds. The normalized spacial score (nSPS) is 31.8. The summed E-state index contributed by atoms with van der Waals surface area (Å²) < 4.78 is 38.3. The van der Waals surface area contributed by atoms with Crippen LogP contribution in [0.3, 0.4) is 0 Å². The lowest BCUT2D eigenvalue weighted by Crippen LogP contribution is -2.56. The monoisotopic (exact) mass is 704 g/mol. The average Bonchev–Trinajstić information content (AvgIpc) is 3.83. The van der Waals surface area contributed by atoms with Gasteiger partial charge in [0.05, 0.1) is 31.8 Å². The molecule has 6 fully saturated rings. The maximum Gasteiger partial charge on any atom is 0.407 e. The summed E-state index contributed by atoms with van der Waals surface area (Å²) in [6.45, 7) is 1.71. The van der Waals surface area contributed by atoms with E-state index in [1.807, 2.05) is 11.8 Å². The second-order valence-corrected chi connectivity index (χ2v) is 16.0. The number of halogens is 2. The number of fused-ring (bicyclic) bond motifs is 2. The number of unbranched alkanes of at least 4 members (excludes halogenated alkanes) is 1. The highest BCUT2D eigenvalue weighted by Crippen LogP contribution is 2.62. The molecule has 0 aromatic heterocycles. The van der Waals surface area contributed by atoms with Gasteiger partial charge in [-0.25, -0.2) is 18.4 Å². The Morgan fingerprint density at radius 3 is 2.61 bits per heavy atom. The van der Waals surface area contributed by atoms with Crippen LogP contribution in [0.25, 0.3) is 0 Å². The van der Waals surface area contributed by atoms with Crippen molar-refractivity contribution < 1.29 is 37.4 Å². The Morgan fingerprint density at radius 1 is 1.02 bits per heavy atom. The highest BCUT2D eigenvalue weighted by atomic mass is 32.2. The largest absolute Gasteiger partial charge is 0.447 e. The molecule has 4 aliphatic carbocycles. The first kappa shape index (κ1) is 34.3. The Morgan fingerprint density at radius 2 is 1.82 bits per heavy atom. The molecule has 8 rings (SSSR count). The standard InChI is InChI=1S/C34H46F2N6O6S/c35-24-10-21-16-42(17-22(21)11-25(24)36)29(44)15-38-33-12-20-9-23(14-33)34(13-20,19-33)41-32(46)48-8-7-47-6-5-37-28(43)4-2-1-3-27-30-26(18-49-27)39-31(45)40-30/h10-11,20,23,26-27,30,38H,1-9,12-19H2,(H,37,43)(H,41,46)(H2,39,40,45). The molecule has 2 saturated heterocycles. The summed E-state index contributed by atoms with van der Waals surface area (Å²) in [5, 5.41) is 15.9. The van der Waals surface area contributed by atoms with Crippen LogP contribution in [0.5, 0.6) is 0 Å². The number of rotatable bonds is 15. The van der Waals surface area contributed by atoms with E-state index in [0.29, 0.717) is 47.8 Å². The van der Waals surface area contributed by atoms with Crippen LogP contribution in [-0.2, 0) is 32.2 Å². The van der Waals surface area contributed by atoms with Crippen molar-refractivity contribution in [3.8, 4) is 0 Å². The molecule has 4 saturated carbocycles. The molecule has 3 aliphatic heterocycles. The van der Waals surface area contributed by atoms with Gasteiger partial charge in [0.1, 0.15) is 6.61 Å². The number of amides is 5. The summed E-state index contributed by atoms with van der Waals surface area (Å²) >= 11 is 1.88. The van der Waals surface area contributed by atoms with Crippen LogP contribution in [0, 0.1) is 23.5 Å². The minimum Gasteiger partial charge on any atom is -0.447 e. The third-order valence-electron chi connectivity index (χ3n) is 11.4. The third-order valence-corrected chi connectivity index (χ3v) is 12.9. The van der Waals surface area contributed by atoms with E-state index in [4.69, 9.17) is 9.47 Å². The van der Waals surface area contributed by atoms with Crippen LogP contribution in [0.1, 0.15) is 68.9 Å². The smallest absolute Gasteiger partial charge is 0.407 e. The van der Waals surface area contributed by atoms with Gasteiger partial charge in [0.15, 0.2) is 11.6 Å². The first-order valence-corrected chi connectivity index (χ1v) is 18.6. The number of carbonyl (C=O) groups is 4. The fourth-order valence-electron chi connectivity index (χ4n) is 9.41. The summed E-state index contributed by atoms with van der Waals surface area (Å²) in [5.74, 6) is -0.216. The zero-order valence-electron chi connectivity index (χ0n) is 27.6. The molecule has 7 unspecified atom stereocenters. The van der Waals surface area contributed by atoms with Gasteiger partial charge < -0.3 is 41.0 Å². The molecular weight excluding hydrogens is 658 g/mol. The molecule has 3 heterocycles. The quantitative estimate of drug-likeness (QED) is 0.138. The van der Waals surface area contributed by atoms with E-state index in [0.717, 1.165) is 57.1 Å². The van der Waals surface area contributed by atoms with Crippen molar-refractivity contribution in [1.29, 1.82) is 0 Å². The van der Waals surface area contributed by atoms with Crippen molar-refractivity contribution >= 4 is 35.7 Å². The first-order valence-electron chi connectivity index (χ1n) is 17.6. The van der Waals surface area contributed by atoms with E-state index in [2.05, 4.69) is 26.6 Å². The number of hydrogen-bond acceptors (Lipinski definition) is 8. The molecule has 0 radical (unpaired) electrons. The predicted molar refractivity (Wildman–Crippen MR) is 176 cm³/mol. The zero-order chi connectivity index (χ0) is 34.2. The van der Waals surface area contributed by atoms with E-state index >= 15 is 0 Å². The SMILES string of the molecule is O=C(CCCCC1SCC2NC(=O)NC21)NCCOCCOC(=O)NC12CC3CC1CC(NCC(=O)N1Cc4cc(F)c(F)cc4C1)(C3)C2. The van der Waals surface area contributed by atoms with Gasteiger partial charge in [0.25, 0.3) is 0 Å². The van der Waals surface area contributed by atoms with Gasteiger partial charge in [-0.05, 0) is 80.0 Å². The van der Waals surface area contributed by atoms with Gasteiger partial charge in [-0.15, -0.1) is 0 Å². The van der Waals surface area contributed by atoms with Crippen molar-refractivity contribution in [2.24, 2.45) is 11.8 Å². The molecule has 7 atom stereocenters. The summed E-state index contributed by atoms with van der Waals surface area (Å²) in [7, 11) is 0. The van der Waals surface area contributed by atoms with Crippen molar-refractivity contribution in [2.45, 2.75) is 99.3 Å². The second-order valence-electron chi connectivity index (χ2n) is 14.8. The van der Waals surface area contributed by atoms with E-state index in [9.17, 15) is 28.0 Å². The Hall–Kier alpha value is -3.17. The molecule has 15 heteroatoms. The fraction of sp³-hybridized carbons (Fsp3) is 0.706. The first-order chi connectivity index (χ1) is 23.6. The number of hydrogen-bond donors (Lipinski definition) is 5. The average molecular weight is 705 g/mol. The third kappa shape index (κ3) is 7.48. The highest BCUT2D eigenvalue weighted by molar-refractivity contribution is 8.00. The predicted octanol–water partition coefficient (Wildman–Crippen LogP) is 2.68. The minimum absolute atomic E-state index is 0.0152. The van der Waals surface area contributed by atoms with Crippen molar-refractivity contribution in [3.63, 3.8) is 0 Å². The van der Waals surface area contributed by atoms with Crippen molar-refractivity contribution in [1.82, 2.24) is 31.5 Å². The minimum atomic E-state index is -0.899. The van der Waals surface area contributed by atoms with Crippen LogP contribution in [0.2, 0.25) is 0 Å². The maximum atomic E-state index is 13.7. The van der Waals surface area contributed by atoms with Gasteiger partial charge in [0, 0.05) is 48.1 Å². The molecule has 268 valence electrons. The number of alkyl carbamates (subject to hydrolysis) is 1. The van der Waals surface area contributed by atoms with E-state index in [1.165, 1.54) is 12.1 Å². The Balaban J connectivity index is 0.747. The van der Waals surface area contributed by atoms with Crippen molar-refractivity contribution in [2.75, 3.05) is 38.7 Å².